The molecule has 0 amide bonds. The first kappa shape index (κ1) is 23.9. The third kappa shape index (κ3) is 23.1. The van der Waals surface area contributed by atoms with Crippen molar-refractivity contribution in [1.82, 2.24) is 0 Å². The molecule has 21 heavy (non-hydrogen) atoms. The van der Waals surface area contributed by atoms with Gasteiger partial charge in [-0.2, -0.15) is 0 Å². The Kier molecular flexibility index (Phi) is 26.1. The first-order valence-corrected chi connectivity index (χ1v) is 13.0. The molecule has 0 N–H and O–H groups in total. The second kappa shape index (κ2) is 22.9. The number of hydrogen-bond donors (Lipinski definition) is 0. The molecule has 128 valence electrons. The number of rotatable bonds is 14. The molecular formula is C17H41AlO2Si. The van der Waals surface area contributed by atoms with Crippen molar-refractivity contribution >= 4 is 24.7 Å². The van der Waals surface area contributed by atoms with Gasteiger partial charge in [0.1, 0.15) is 0 Å². The predicted octanol–water partition coefficient (Wildman–Crippen LogP) is 5.33. The van der Waals surface area contributed by atoms with Gasteiger partial charge < -0.3 is 7.58 Å². The summed E-state index contributed by atoms with van der Waals surface area (Å²) in [6.45, 7) is 13.1. The lowest BCUT2D eigenvalue weighted by Gasteiger charge is -2.10. The summed E-state index contributed by atoms with van der Waals surface area (Å²) in [7, 11) is -0.234. The summed E-state index contributed by atoms with van der Waals surface area (Å²) in [5.74, 6) is 0. The zero-order valence-electron chi connectivity index (χ0n) is 15.6. The van der Waals surface area contributed by atoms with Gasteiger partial charge >= 0.3 is 15.9 Å². The lowest BCUT2D eigenvalue weighted by Crippen LogP contribution is -2.09. The molecule has 0 saturated carbocycles. The fraction of sp³-hybridized carbons (Fsp3) is 1.00. The van der Waals surface area contributed by atoms with Gasteiger partial charge in [0.15, 0.2) is 0 Å². The lowest BCUT2D eigenvalue weighted by molar-refractivity contribution is 0.216. The molecule has 0 aliphatic carbocycles. The van der Waals surface area contributed by atoms with Crippen LogP contribution in [0.25, 0.3) is 0 Å². The van der Waals surface area contributed by atoms with Gasteiger partial charge in [-0.05, 0) is 12.8 Å². The van der Waals surface area contributed by atoms with Crippen molar-refractivity contribution in [2.75, 3.05) is 13.2 Å². The van der Waals surface area contributed by atoms with E-state index in [-0.39, 0.29) is 8.80 Å². The maximum atomic E-state index is 5.34. The molecule has 0 fully saturated rings. The number of hydrogen-bond acceptors (Lipinski definition) is 2. The normalized spacial score (nSPS) is 10.4. The molecule has 0 unspecified atom stereocenters. The molecule has 0 aliphatic rings. The quantitative estimate of drug-likeness (QED) is 0.316. The standard InChI is InChI=1S/C9H22Si.2C4H9O.Al.H/c1-4-7-10(8-5-2)9-6-3;2*1-2-3-4-5;;/h10H,4-9H2,1-3H3;2*2-4H2,1H3;;/q;2*-1;+2;. The molecule has 0 bridgehead atoms. The topological polar surface area (TPSA) is 18.5 Å². The van der Waals surface area contributed by atoms with Gasteiger partial charge in [-0.15, -0.1) is 0 Å². The monoisotopic (exact) mass is 332 g/mol. The summed E-state index contributed by atoms with van der Waals surface area (Å²) >= 11 is -0.629. The summed E-state index contributed by atoms with van der Waals surface area (Å²) in [5, 5.41) is 0. The van der Waals surface area contributed by atoms with Crippen molar-refractivity contribution in [1.29, 1.82) is 0 Å². The van der Waals surface area contributed by atoms with Crippen LogP contribution in [0.4, 0.5) is 0 Å². The van der Waals surface area contributed by atoms with E-state index in [1.807, 2.05) is 0 Å². The maximum Gasteiger partial charge on any atom is 0.649 e. The van der Waals surface area contributed by atoms with Crippen LogP contribution < -0.4 is 0 Å². The highest BCUT2D eigenvalue weighted by molar-refractivity contribution is 6.58. The van der Waals surface area contributed by atoms with Crippen LogP contribution in [-0.4, -0.2) is 37.9 Å². The zero-order valence-corrected chi connectivity index (χ0v) is 18.2. The molecule has 0 radical (unpaired) electrons. The van der Waals surface area contributed by atoms with Gasteiger partial charge in [-0.25, -0.2) is 0 Å². The summed E-state index contributed by atoms with van der Waals surface area (Å²) in [6, 6.07) is 4.76. The van der Waals surface area contributed by atoms with Crippen LogP contribution in [0.2, 0.25) is 18.1 Å². The average Bonchev–Trinajstić information content (AvgIpc) is 2.48. The van der Waals surface area contributed by atoms with Crippen molar-refractivity contribution in [3.05, 3.63) is 0 Å². The van der Waals surface area contributed by atoms with Gasteiger partial charge in [0, 0.05) is 22.0 Å². The van der Waals surface area contributed by atoms with Crippen LogP contribution >= 0.6 is 0 Å². The first-order valence-electron chi connectivity index (χ1n) is 9.41. The minimum atomic E-state index is -0.629. The Morgan fingerprint density at radius 2 is 1.00 bits per heavy atom. The van der Waals surface area contributed by atoms with Crippen LogP contribution in [-0.2, 0) is 7.58 Å². The zero-order chi connectivity index (χ0) is 16.2. The Morgan fingerprint density at radius 1 is 0.619 bits per heavy atom. The van der Waals surface area contributed by atoms with Crippen molar-refractivity contribution in [3.8, 4) is 0 Å². The van der Waals surface area contributed by atoms with Crippen LogP contribution in [0.3, 0.4) is 0 Å². The van der Waals surface area contributed by atoms with E-state index in [2.05, 4.69) is 34.6 Å². The van der Waals surface area contributed by atoms with Gasteiger partial charge in [0.25, 0.3) is 0 Å². The largest absolute Gasteiger partial charge is 0.649 e. The first-order chi connectivity index (χ1) is 10.3. The predicted molar refractivity (Wildman–Crippen MR) is 101 cm³/mol. The number of unbranched alkanes of at least 4 members (excludes halogenated alkanes) is 2. The Morgan fingerprint density at radius 3 is 1.29 bits per heavy atom. The molecule has 0 aliphatic heterocycles. The third-order valence-corrected chi connectivity index (χ3v) is 8.63. The molecule has 0 heterocycles. The van der Waals surface area contributed by atoms with Crippen molar-refractivity contribution < 1.29 is 7.58 Å². The molecule has 0 rings (SSSR count). The van der Waals surface area contributed by atoms with Gasteiger partial charge in [0.2, 0.25) is 0 Å². The maximum absolute atomic E-state index is 5.34. The highest BCUT2D eigenvalue weighted by Gasteiger charge is 2.05. The van der Waals surface area contributed by atoms with E-state index in [4.69, 9.17) is 7.58 Å². The smallest absolute Gasteiger partial charge is 0.481 e. The van der Waals surface area contributed by atoms with E-state index >= 15 is 0 Å². The molecule has 0 aromatic carbocycles. The molecule has 2 nitrogen and oxygen atoms in total. The second-order valence-corrected chi connectivity index (χ2v) is 10.4. The van der Waals surface area contributed by atoms with E-state index < -0.39 is 15.9 Å². The third-order valence-electron chi connectivity index (χ3n) is 3.54. The minimum absolute atomic E-state index is 0.234. The van der Waals surface area contributed by atoms with Crippen LogP contribution in [0.15, 0.2) is 0 Å². The van der Waals surface area contributed by atoms with Gasteiger partial charge in [-0.1, -0.05) is 84.9 Å². The van der Waals surface area contributed by atoms with Crippen molar-refractivity contribution in [2.45, 2.75) is 97.7 Å². The Hall–Kier alpha value is 0.669. The van der Waals surface area contributed by atoms with Gasteiger partial charge in [-0.3, -0.25) is 0 Å². The average molecular weight is 333 g/mol. The summed E-state index contributed by atoms with van der Waals surface area (Å²) in [6.07, 6.45) is 9.05. The highest BCUT2D eigenvalue weighted by atomic mass is 28.3. The van der Waals surface area contributed by atoms with Crippen LogP contribution in [0, 0.1) is 0 Å². The second-order valence-electron chi connectivity index (χ2n) is 5.87. The fourth-order valence-electron chi connectivity index (χ4n) is 2.33. The summed E-state index contributed by atoms with van der Waals surface area (Å²) in [4.78, 5) is 0. The Labute approximate surface area is 143 Å². The molecule has 0 aromatic heterocycles. The van der Waals surface area contributed by atoms with E-state index in [1.165, 1.54) is 44.9 Å². The molecule has 4 heteroatoms. The van der Waals surface area contributed by atoms with Crippen LogP contribution in [0.5, 0.6) is 0 Å². The fourth-order valence-corrected chi connectivity index (χ4v) is 6.40. The van der Waals surface area contributed by atoms with Crippen molar-refractivity contribution in [2.24, 2.45) is 0 Å². The molecule has 0 aromatic rings. The van der Waals surface area contributed by atoms with Crippen molar-refractivity contribution in [3.63, 3.8) is 0 Å². The van der Waals surface area contributed by atoms with Crippen LogP contribution in [0.1, 0.15) is 79.6 Å². The Bertz CT molecular complexity index is 149. The summed E-state index contributed by atoms with van der Waals surface area (Å²) in [5.41, 5.74) is 0. The van der Waals surface area contributed by atoms with E-state index in [9.17, 15) is 0 Å². The molecule has 0 saturated heterocycles. The SMILES string of the molecule is CCCC[O][AlH][O]CCCC.CCC[SiH](CCC)CCC. The minimum Gasteiger partial charge on any atom is -0.481 e. The Balaban J connectivity index is 0. The molecule has 0 spiro atoms. The summed E-state index contributed by atoms with van der Waals surface area (Å²) < 4.78 is 10.7. The van der Waals surface area contributed by atoms with E-state index in [0.29, 0.717) is 0 Å². The van der Waals surface area contributed by atoms with E-state index in [1.54, 1.807) is 18.1 Å². The molecular weight excluding hydrogens is 291 g/mol. The van der Waals surface area contributed by atoms with Gasteiger partial charge in [0.05, 0.1) is 0 Å². The van der Waals surface area contributed by atoms with E-state index in [0.717, 1.165) is 13.2 Å². The molecule has 0 atom stereocenters. The highest BCUT2D eigenvalue weighted by Crippen LogP contribution is 2.11. The lowest BCUT2D eigenvalue weighted by atomic mass is 10.4.